The van der Waals surface area contributed by atoms with Crippen molar-refractivity contribution in [1.82, 2.24) is 15.0 Å². The second kappa shape index (κ2) is 7.73. The van der Waals surface area contributed by atoms with Crippen molar-refractivity contribution < 1.29 is 9.18 Å². The molecule has 2 aromatic heterocycles. The van der Waals surface area contributed by atoms with E-state index in [1.165, 1.54) is 12.1 Å². The molecule has 0 spiro atoms. The van der Waals surface area contributed by atoms with Crippen LogP contribution in [0.25, 0.3) is 11.0 Å². The molecule has 3 heterocycles. The minimum absolute atomic E-state index is 0.167. The van der Waals surface area contributed by atoms with Gasteiger partial charge in [-0.05, 0) is 49.1 Å². The summed E-state index contributed by atoms with van der Waals surface area (Å²) in [6.45, 7) is 2.02. The molecular weight excluding hydrogens is 345 g/mol. The van der Waals surface area contributed by atoms with Gasteiger partial charge in [0.2, 0.25) is 0 Å². The Morgan fingerprint density at radius 2 is 2.11 bits per heavy atom. The van der Waals surface area contributed by atoms with Crippen molar-refractivity contribution >= 4 is 28.3 Å². The Morgan fingerprint density at radius 1 is 1.26 bits per heavy atom. The highest BCUT2D eigenvalue weighted by Gasteiger charge is 2.24. The van der Waals surface area contributed by atoms with Crippen molar-refractivity contribution in [3.05, 3.63) is 48.7 Å². The predicted octanol–water partition coefficient (Wildman–Crippen LogP) is 3.38. The number of carbonyl (C=O) groups excluding carboxylic acids is 1. The standard InChI is InChI=1S/C20H22FN5O/c21-15-3-5-16(6-4-15)23-11-17(27)10-14-2-1-9-26(12-14)20-18-7-8-22-19(18)24-13-25-20/h3-8,13-14,23H,1-2,9-12H2,(H,22,24,25)/t14-/m0/s1. The molecule has 0 bridgehead atoms. The number of nitrogens with zero attached hydrogens (tertiary/aromatic N) is 3. The van der Waals surface area contributed by atoms with Gasteiger partial charge in [0.15, 0.2) is 5.78 Å². The van der Waals surface area contributed by atoms with Crippen LogP contribution in [0.3, 0.4) is 0 Å². The number of anilines is 2. The molecule has 1 atom stereocenters. The van der Waals surface area contributed by atoms with Gasteiger partial charge < -0.3 is 15.2 Å². The number of ketones is 1. The van der Waals surface area contributed by atoms with Gasteiger partial charge in [0.25, 0.3) is 0 Å². The monoisotopic (exact) mass is 367 g/mol. The maximum atomic E-state index is 12.9. The summed E-state index contributed by atoms with van der Waals surface area (Å²) in [5.41, 5.74) is 1.59. The Kier molecular flexibility index (Phi) is 5.00. The summed E-state index contributed by atoms with van der Waals surface area (Å²) in [5.74, 6) is 1.13. The number of aromatic amines is 1. The van der Waals surface area contributed by atoms with Crippen LogP contribution in [-0.4, -0.2) is 40.4 Å². The SMILES string of the molecule is O=C(CNc1ccc(F)cc1)C[C@@H]1CCCN(c2ncnc3[nH]ccc23)C1. The number of piperidine rings is 1. The summed E-state index contributed by atoms with van der Waals surface area (Å²) < 4.78 is 12.9. The maximum absolute atomic E-state index is 12.9. The zero-order valence-corrected chi connectivity index (χ0v) is 15.0. The molecule has 0 saturated carbocycles. The molecule has 27 heavy (non-hydrogen) atoms. The van der Waals surface area contributed by atoms with Crippen molar-refractivity contribution in [3.63, 3.8) is 0 Å². The predicted molar refractivity (Wildman–Crippen MR) is 103 cm³/mol. The van der Waals surface area contributed by atoms with E-state index in [0.717, 1.165) is 48.5 Å². The first kappa shape index (κ1) is 17.5. The van der Waals surface area contributed by atoms with Gasteiger partial charge in [-0.2, -0.15) is 0 Å². The van der Waals surface area contributed by atoms with Gasteiger partial charge in [0.05, 0.1) is 11.9 Å². The summed E-state index contributed by atoms with van der Waals surface area (Å²) in [5, 5.41) is 4.09. The number of hydrogen-bond donors (Lipinski definition) is 2. The average Bonchev–Trinajstić information content (AvgIpc) is 3.16. The molecule has 1 saturated heterocycles. The zero-order chi connectivity index (χ0) is 18.6. The third-order valence-corrected chi connectivity index (χ3v) is 5.00. The molecule has 1 aliphatic rings. The minimum Gasteiger partial charge on any atom is -0.378 e. The van der Waals surface area contributed by atoms with E-state index in [1.54, 1.807) is 18.5 Å². The van der Waals surface area contributed by atoms with Gasteiger partial charge in [-0.15, -0.1) is 0 Å². The van der Waals surface area contributed by atoms with E-state index < -0.39 is 0 Å². The van der Waals surface area contributed by atoms with Crippen molar-refractivity contribution in [2.24, 2.45) is 5.92 Å². The van der Waals surface area contributed by atoms with E-state index >= 15 is 0 Å². The van der Waals surface area contributed by atoms with E-state index in [-0.39, 0.29) is 18.1 Å². The van der Waals surface area contributed by atoms with Gasteiger partial charge >= 0.3 is 0 Å². The molecule has 0 unspecified atom stereocenters. The lowest BCUT2D eigenvalue weighted by atomic mass is 9.92. The fourth-order valence-electron chi connectivity index (χ4n) is 3.70. The lowest BCUT2D eigenvalue weighted by Crippen LogP contribution is -2.37. The van der Waals surface area contributed by atoms with Crippen LogP contribution in [0, 0.1) is 11.7 Å². The molecule has 1 aliphatic heterocycles. The van der Waals surface area contributed by atoms with E-state index in [1.807, 2.05) is 12.3 Å². The number of fused-ring (bicyclic) bond motifs is 1. The minimum atomic E-state index is -0.282. The Balaban J connectivity index is 1.35. The smallest absolute Gasteiger partial charge is 0.152 e. The molecule has 0 radical (unpaired) electrons. The Bertz CT molecular complexity index is 924. The normalized spacial score (nSPS) is 17.2. The Labute approximate surface area is 156 Å². The number of benzene rings is 1. The first-order valence-corrected chi connectivity index (χ1v) is 9.23. The molecule has 3 aromatic rings. The van der Waals surface area contributed by atoms with Crippen LogP contribution in [0.4, 0.5) is 15.9 Å². The number of hydrogen-bond acceptors (Lipinski definition) is 5. The third-order valence-electron chi connectivity index (χ3n) is 5.00. The van der Waals surface area contributed by atoms with Gasteiger partial charge in [-0.25, -0.2) is 14.4 Å². The number of H-pyrrole nitrogens is 1. The summed E-state index contributed by atoms with van der Waals surface area (Å²) in [6.07, 6.45) is 6.07. The summed E-state index contributed by atoms with van der Waals surface area (Å²) in [7, 11) is 0. The van der Waals surface area contributed by atoms with Crippen molar-refractivity contribution in [3.8, 4) is 0 Å². The van der Waals surface area contributed by atoms with E-state index in [0.29, 0.717) is 12.3 Å². The first-order valence-electron chi connectivity index (χ1n) is 9.23. The van der Waals surface area contributed by atoms with Crippen LogP contribution in [0.5, 0.6) is 0 Å². The van der Waals surface area contributed by atoms with E-state index in [9.17, 15) is 9.18 Å². The third kappa shape index (κ3) is 4.07. The molecule has 1 fully saturated rings. The molecule has 7 heteroatoms. The van der Waals surface area contributed by atoms with Crippen molar-refractivity contribution in [2.45, 2.75) is 19.3 Å². The first-order chi connectivity index (χ1) is 13.2. The highest BCUT2D eigenvalue weighted by molar-refractivity contribution is 5.87. The lowest BCUT2D eigenvalue weighted by molar-refractivity contribution is -0.118. The second-order valence-corrected chi connectivity index (χ2v) is 6.99. The van der Waals surface area contributed by atoms with Gasteiger partial charge in [0.1, 0.15) is 23.6 Å². The van der Waals surface area contributed by atoms with E-state index in [4.69, 9.17) is 0 Å². The molecule has 1 aromatic carbocycles. The van der Waals surface area contributed by atoms with Gasteiger partial charge in [-0.1, -0.05) is 0 Å². The largest absolute Gasteiger partial charge is 0.378 e. The molecular formula is C20H22FN5O. The van der Waals surface area contributed by atoms with Crippen LogP contribution < -0.4 is 10.2 Å². The fraction of sp³-hybridized carbons (Fsp3) is 0.350. The average molecular weight is 367 g/mol. The molecule has 6 nitrogen and oxygen atoms in total. The maximum Gasteiger partial charge on any atom is 0.152 e. The number of halogens is 1. The van der Waals surface area contributed by atoms with Crippen molar-refractivity contribution in [1.29, 1.82) is 0 Å². The van der Waals surface area contributed by atoms with E-state index in [2.05, 4.69) is 25.2 Å². The molecule has 140 valence electrons. The molecule has 0 amide bonds. The zero-order valence-electron chi connectivity index (χ0n) is 15.0. The van der Waals surface area contributed by atoms with Crippen LogP contribution >= 0.6 is 0 Å². The molecule has 2 N–H and O–H groups in total. The van der Waals surface area contributed by atoms with Gasteiger partial charge in [-0.3, -0.25) is 4.79 Å². The second-order valence-electron chi connectivity index (χ2n) is 6.99. The topological polar surface area (TPSA) is 73.9 Å². The highest BCUT2D eigenvalue weighted by atomic mass is 19.1. The number of rotatable bonds is 6. The van der Waals surface area contributed by atoms with Crippen LogP contribution in [0.2, 0.25) is 0 Å². The number of nitrogens with one attached hydrogen (secondary N) is 2. The summed E-state index contributed by atoms with van der Waals surface area (Å²) >= 11 is 0. The number of Topliss-reactive ketones (excluding diaryl/α,β-unsaturated/α-hetero) is 1. The Hall–Kier alpha value is -2.96. The van der Waals surface area contributed by atoms with Crippen LogP contribution in [0.15, 0.2) is 42.9 Å². The summed E-state index contributed by atoms with van der Waals surface area (Å²) in [4.78, 5) is 26.5. The fourth-order valence-corrected chi connectivity index (χ4v) is 3.70. The number of aromatic nitrogens is 3. The molecule has 0 aliphatic carbocycles. The summed E-state index contributed by atoms with van der Waals surface area (Å²) in [6, 6.07) is 8.04. The van der Waals surface area contributed by atoms with Gasteiger partial charge in [0, 0.05) is 31.4 Å². The van der Waals surface area contributed by atoms with Crippen LogP contribution in [0.1, 0.15) is 19.3 Å². The molecule has 4 rings (SSSR count). The quantitative estimate of drug-likeness (QED) is 0.699. The Morgan fingerprint density at radius 3 is 2.96 bits per heavy atom. The van der Waals surface area contributed by atoms with Crippen molar-refractivity contribution in [2.75, 3.05) is 29.9 Å². The number of carbonyl (C=O) groups is 1. The van der Waals surface area contributed by atoms with Crippen LogP contribution in [-0.2, 0) is 4.79 Å². The highest BCUT2D eigenvalue weighted by Crippen LogP contribution is 2.28. The lowest BCUT2D eigenvalue weighted by Gasteiger charge is -2.33.